The molecule has 0 unspecified atom stereocenters. The number of halogens is 1. The van der Waals surface area contributed by atoms with Crippen LogP contribution in [0.4, 0.5) is 0 Å². The Balaban J connectivity index is 2.12. The fraction of sp³-hybridized carbons (Fsp3) is 0.500. The molecule has 1 aliphatic rings. The fourth-order valence-corrected chi connectivity index (χ4v) is 2.69. The van der Waals surface area contributed by atoms with Gasteiger partial charge in [-0.3, -0.25) is 4.79 Å². The molecule has 1 aliphatic carbocycles. The second-order valence-electron chi connectivity index (χ2n) is 5.42. The second-order valence-corrected chi connectivity index (χ2v) is 7.99. The van der Waals surface area contributed by atoms with Crippen LogP contribution in [0.3, 0.4) is 0 Å². The maximum atomic E-state index is 11.6. The quantitative estimate of drug-likeness (QED) is 0.812. The minimum atomic E-state index is -3.78. The Labute approximate surface area is 129 Å². The lowest BCUT2D eigenvalue weighted by Crippen LogP contribution is -2.30. The molecule has 1 N–H and O–H groups in total. The molecule has 0 aliphatic heterocycles. The monoisotopic (exact) mass is 331 g/mol. The van der Waals surface area contributed by atoms with E-state index < -0.39 is 9.05 Å². The minimum Gasteiger partial charge on any atom is -0.483 e. The largest absolute Gasteiger partial charge is 0.483 e. The zero-order chi connectivity index (χ0) is 15.6. The van der Waals surface area contributed by atoms with Crippen LogP contribution in [0.25, 0.3) is 0 Å². The summed E-state index contributed by atoms with van der Waals surface area (Å²) in [5.41, 5.74) is 0.705. The molecule has 0 radical (unpaired) electrons. The highest BCUT2D eigenvalue weighted by Gasteiger charge is 2.23. The summed E-state index contributed by atoms with van der Waals surface area (Å²) in [5.74, 6) is 0.381. The normalized spacial score (nSPS) is 15.0. The first-order chi connectivity index (χ1) is 9.77. The number of nitrogens with one attached hydrogen (secondary N) is 1. The highest BCUT2D eigenvalue weighted by atomic mass is 35.7. The molecule has 21 heavy (non-hydrogen) atoms. The average Bonchev–Trinajstić information content (AvgIpc) is 3.18. The summed E-state index contributed by atoms with van der Waals surface area (Å²) >= 11 is 0. The van der Waals surface area contributed by atoms with Crippen molar-refractivity contribution in [3.05, 3.63) is 23.8 Å². The first-order valence-corrected chi connectivity index (χ1v) is 9.09. The van der Waals surface area contributed by atoms with E-state index in [1.54, 1.807) is 0 Å². The van der Waals surface area contributed by atoms with E-state index >= 15 is 0 Å². The highest BCUT2D eigenvalue weighted by Crippen LogP contribution is 2.30. The Morgan fingerprint density at radius 3 is 2.62 bits per heavy atom. The van der Waals surface area contributed by atoms with Crippen LogP contribution in [0.15, 0.2) is 23.1 Å². The summed E-state index contributed by atoms with van der Waals surface area (Å²) in [6.07, 6.45) is 2.04. The van der Waals surface area contributed by atoms with Crippen molar-refractivity contribution >= 4 is 25.6 Å². The van der Waals surface area contributed by atoms with Gasteiger partial charge in [0.15, 0.2) is 6.61 Å². The summed E-state index contributed by atoms with van der Waals surface area (Å²) in [7, 11) is 1.57. The number of amides is 1. The number of ether oxygens (including phenoxy) is 1. The molecule has 1 aromatic rings. The smallest absolute Gasteiger partial charge is 0.261 e. The molecule has 0 saturated heterocycles. The highest BCUT2D eigenvalue weighted by molar-refractivity contribution is 8.13. The summed E-state index contributed by atoms with van der Waals surface area (Å²) in [6.45, 7) is 3.75. The van der Waals surface area contributed by atoms with E-state index in [1.165, 1.54) is 18.2 Å². The summed E-state index contributed by atoms with van der Waals surface area (Å²) in [6, 6.07) is 4.69. The van der Waals surface area contributed by atoms with Crippen LogP contribution in [-0.4, -0.2) is 27.0 Å². The third-order valence-electron chi connectivity index (χ3n) is 3.19. The Morgan fingerprint density at radius 1 is 1.43 bits per heavy atom. The molecule has 0 bridgehead atoms. The Kier molecular flexibility index (Phi) is 4.78. The minimum absolute atomic E-state index is 0.0302. The van der Waals surface area contributed by atoms with E-state index in [1.807, 2.05) is 13.8 Å². The van der Waals surface area contributed by atoms with Gasteiger partial charge in [0.05, 0.1) is 4.90 Å². The van der Waals surface area contributed by atoms with Gasteiger partial charge >= 0.3 is 0 Å². The van der Waals surface area contributed by atoms with E-state index in [-0.39, 0.29) is 29.4 Å². The third kappa shape index (κ3) is 4.61. The van der Waals surface area contributed by atoms with Crippen molar-refractivity contribution in [1.82, 2.24) is 5.32 Å². The van der Waals surface area contributed by atoms with Gasteiger partial charge in [-0.2, -0.15) is 0 Å². The van der Waals surface area contributed by atoms with Gasteiger partial charge in [-0.1, -0.05) is 13.8 Å². The maximum Gasteiger partial charge on any atom is 0.261 e. The number of carbonyl (C=O) groups is 1. The molecular formula is C14H18ClNO4S. The van der Waals surface area contributed by atoms with E-state index in [0.29, 0.717) is 11.3 Å². The van der Waals surface area contributed by atoms with Crippen LogP contribution in [0.1, 0.15) is 38.2 Å². The first kappa shape index (κ1) is 16.1. The molecule has 0 spiro atoms. The topological polar surface area (TPSA) is 72.5 Å². The lowest BCUT2D eigenvalue weighted by molar-refractivity contribution is -0.123. The Morgan fingerprint density at radius 2 is 2.10 bits per heavy atom. The van der Waals surface area contributed by atoms with Crippen molar-refractivity contribution in [1.29, 1.82) is 0 Å². The van der Waals surface area contributed by atoms with E-state index in [2.05, 4.69) is 5.32 Å². The molecule has 7 heteroatoms. The van der Waals surface area contributed by atoms with Crippen LogP contribution >= 0.6 is 10.7 Å². The molecule has 2 rings (SSSR count). The van der Waals surface area contributed by atoms with Gasteiger partial charge < -0.3 is 10.1 Å². The van der Waals surface area contributed by atoms with Gasteiger partial charge in [-0.05, 0) is 42.5 Å². The second kappa shape index (κ2) is 6.23. The van der Waals surface area contributed by atoms with Crippen molar-refractivity contribution in [2.24, 2.45) is 0 Å². The zero-order valence-corrected chi connectivity index (χ0v) is 13.5. The Hall–Kier alpha value is -1.27. The van der Waals surface area contributed by atoms with E-state index in [9.17, 15) is 13.2 Å². The van der Waals surface area contributed by atoms with E-state index in [4.69, 9.17) is 15.4 Å². The van der Waals surface area contributed by atoms with Gasteiger partial charge in [0, 0.05) is 16.7 Å². The van der Waals surface area contributed by atoms with Gasteiger partial charge in [0.25, 0.3) is 15.0 Å². The van der Waals surface area contributed by atoms with Crippen molar-refractivity contribution in [2.45, 2.75) is 43.5 Å². The number of hydrogen-bond donors (Lipinski definition) is 1. The fourth-order valence-electron chi connectivity index (χ4n) is 1.90. The van der Waals surface area contributed by atoms with Crippen molar-refractivity contribution in [3.63, 3.8) is 0 Å². The molecule has 0 heterocycles. The third-order valence-corrected chi connectivity index (χ3v) is 4.54. The van der Waals surface area contributed by atoms with Gasteiger partial charge in [-0.15, -0.1) is 0 Å². The summed E-state index contributed by atoms with van der Waals surface area (Å²) in [5, 5.41) is 2.83. The van der Waals surface area contributed by atoms with Crippen LogP contribution in [0.2, 0.25) is 0 Å². The van der Waals surface area contributed by atoms with Gasteiger partial charge in [0.2, 0.25) is 0 Å². The molecule has 1 amide bonds. The van der Waals surface area contributed by atoms with Crippen molar-refractivity contribution in [2.75, 3.05) is 6.61 Å². The molecule has 1 saturated carbocycles. The van der Waals surface area contributed by atoms with Crippen molar-refractivity contribution < 1.29 is 17.9 Å². The molecule has 0 aromatic heterocycles. The van der Waals surface area contributed by atoms with Crippen LogP contribution in [0.5, 0.6) is 5.75 Å². The first-order valence-electron chi connectivity index (χ1n) is 6.78. The lowest BCUT2D eigenvalue weighted by Gasteiger charge is -2.15. The standard InChI is InChI=1S/C14H18ClNO4S/c1-9(2)12-7-11(21(15,18)19)5-6-13(12)20-8-14(17)16-10-3-4-10/h5-7,9-10H,3-4,8H2,1-2H3,(H,16,17). The number of rotatable bonds is 6. The summed E-state index contributed by atoms with van der Waals surface area (Å²) in [4.78, 5) is 11.7. The van der Waals surface area contributed by atoms with Gasteiger partial charge in [-0.25, -0.2) is 8.42 Å². The summed E-state index contributed by atoms with van der Waals surface area (Å²) < 4.78 is 28.3. The SMILES string of the molecule is CC(C)c1cc(S(=O)(=O)Cl)ccc1OCC(=O)NC1CC1. The van der Waals surface area contributed by atoms with Crippen LogP contribution in [-0.2, 0) is 13.8 Å². The van der Waals surface area contributed by atoms with Gasteiger partial charge in [0.1, 0.15) is 5.75 Å². The van der Waals surface area contributed by atoms with Crippen LogP contribution < -0.4 is 10.1 Å². The Bertz CT molecular complexity index is 638. The lowest BCUT2D eigenvalue weighted by atomic mass is 10.0. The molecule has 116 valence electrons. The molecule has 1 fully saturated rings. The average molecular weight is 332 g/mol. The van der Waals surface area contributed by atoms with E-state index in [0.717, 1.165) is 12.8 Å². The molecule has 1 aromatic carbocycles. The molecule has 5 nitrogen and oxygen atoms in total. The van der Waals surface area contributed by atoms with Crippen molar-refractivity contribution in [3.8, 4) is 5.75 Å². The zero-order valence-electron chi connectivity index (χ0n) is 11.9. The maximum absolute atomic E-state index is 11.6. The number of carbonyl (C=O) groups excluding carboxylic acids is 1. The molecule has 0 atom stereocenters. The predicted molar refractivity (Wildman–Crippen MR) is 80.2 cm³/mol. The number of benzene rings is 1. The van der Waals surface area contributed by atoms with Crippen LogP contribution in [0, 0.1) is 0 Å². The number of hydrogen-bond acceptors (Lipinski definition) is 4. The molecular weight excluding hydrogens is 314 g/mol. The predicted octanol–water partition coefficient (Wildman–Crippen LogP) is 2.39.